The van der Waals surface area contributed by atoms with Crippen molar-refractivity contribution in [2.75, 3.05) is 20.8 Å². The number of aliphatic hydroxyl groups excluding tert-OH is 1. The van der Waals surface area contributed by atoms with Gasteiger partial charge in [-0.05, 0) is 37.3 Å². The molecule has 2 atom stereocenters. The molecule has 2 unspecified atom stereocenters. The number of nitrogens with one attached hydrogen (secondary N) is 1. The van der Waals surface area contributed by atoms with Crippen LogP contribution in [0.1, 0.15) is 29.6 Å². The standard InChI is InChI=1S/C15H21NO4/c1-19-12-4-3-5-13(20-2)14(12)15(18)16-9-10-6-7-11(17)8-10/h3-5,10-11,17H,6-9H2,1-2H3,(H,16,18). The van der Waals surface area contributed by atoms with Crippen molar-refractivity contribution >= 4 is 5.91 Å². The topological polar surface area (TPSA) is 67.8 Å². The van der Waals surface area contributed by atoms with Crippen LogP contribution in [0.3, 0.4) is 0 Å². The van der Waals surface area contributed by atoms with Crippen LogP contribution in [0.4, 0.5) is 0 Å². The highest BCUT2D eigenvalue weighted by Gasteiger charge is 2.24. The summed E-state index contributed by atoms with van der Waals surface area (Å²) in [5.74, 6) is 1.12. The SMILES string of the molecule is COc1cccc(OC)c1C(=O)NCC1CCC(O)C1. The van der Waals surface area contributed by atoms with Crippen molar-refractivity contribution in [2.24, 2.45) is 5.92 Å². The summed E-state index contributed by atoms with van der Waals surface area (Å²) >= 11 is 0. The molecule has 0 heterocycles. The summed E-state index contributed by atoms with van der Waals surface area (Å²) in [4.78, 5) is 12.3. The number of methoxy groups -OCH3 is 2. The van der Waals surface area contributed by atoms with E-state index in [0.717, 1.165) is 19.3 Å². The van der Waals surface area contributed by atoms with Crippen molar-refractivity contribution in [3.05, 3.63) is 23.8 Å². The van der Waals surface area contributed by atoms with Gasteiger partial charge in [0.05, 0.1) is 20.3 Å². The molecule has 0 spiro atoms. The van der Waals surface area contributed by atoms with Gasteiger partial charge < -0.3 is 19.9 Å². The number of aliphatic hydroxyl groups is 1. The predicted octanol–water partition coefficient (Wildman–Crippen LogP) is 1.59. The second-order valence-electron chi connectivity index (χ2n) is 5.08. The highest BCUT2D eigenvalue weighted by Crippen LogP contribution is 2.29. The first-order valence-electron chi connectivity index (χ1n) is 6.83. The molecule has 0 saturated heterocycles. The molecule has 1 amide bonds. The molecule has 2 rings (SSSR count). The van der Waals surface area contributed by atoms with E-state index in [-0.39, 0.29) is 12.0 Å². The third-order valence-corrected chi connectivity index (χ3v) is 3.72. The number of hydrogen-bond acceptors (Lipinski definition) is 4. The first kappa shape index (κ1) is 14.7. The van der Waals surface area contributed by atoms with Crippen LogP contribution in [0.25, 0.3) is 0 Å². The van der Waals surface area contributed by atoms with Crippen LogP contribution in [0.2, 0.25) is 0 Å². The van der Waals surface area contributed by atoms with Crippen molar-refractivity contribution in [1.29, 1.82) is 0 Å². The molecule has 1 aromatic carbocycles. The van der Waals surface area contributed by atoms with Crippen LogP contribution < -0.4 is 14.8 Å². The zero-order valence-corrected chi connectivity index (χ0v) is 11.9. The molecule has 0 aromatic heterocycles. The van der Waals surface area contributed by atoms with Gasteiger partial charge in [0.1, 0.15) is 17.1 Å². The Labute approximate surface area is 118 Å². The summed E-state index contributed by atoms with van der Waals surface area (Å²) in [5.41, 5.74) is 0.413. The maximum absolute atomic E-state index is 12.3. The molecule has 1 aliphatic carbocycles. The Hall–Kier alpha value is -1.75. The Morgan fingerprint density at radius 2 is 1.95 bits per heavy atom. The van der Waals surface area contributed by atoms with Gasteiger partial charge in [0.2, 0.25) is 0 Å². The molecule has 110 valence electrons. The van der Waals surface area contributed by atoms with E-state index in [2.05, 4.69) is 5.32 Å². The number of amides is 1. The Kier molecular flexibility index (Phi) is 4.84. The molecule has 5 nitrogen and oxygen atoms in total. The van der Waals surface area contributed by atoms with Crippen LogP contribution in [0, 0.1) is 5.92 Å². The number of carbonyl (C=O) groups is 1. The summed E-state index contributed by atoms with van der Waals surface area (Å²) < 4.78 is 10.4. The fourth-order valence-corrected chi connectivity index (χ4v) is 2.63. The Bertz CT molecular complexity index is 453. The zero-order chi connectivity index (χ0) is 14.5. The fraction of sp³-hybridized carbons (Fsp3) is 0.533. The fourth-order valence-electron chi connectivity index (χ4n) is 2.63. The second kappa shape index (κ2) is 6.61. The lowest BCUT2D eigenvalue weighted by atomic mass is 10.1. The molecular formula is C15H21NO4. The van der Waals surface area contributed by atoms with Gasteiger partial charge in [-0.1, -0.05) is 6.07 Å². The molecular weight excluding hydrogens is 258 g/mol. The number of ether oxygens (including phenoxy) is 2. The highest BCUT2D eigenvalue weighted by atomic mass is 16.5. The van der Waals surface area contributed by atoms with Crippen LogP contribution in [0.15, 0.2) is 18.2 Å². The number of benzene rings is 1. The number of rotatable bonds is 5. The second-order valence-corrected chi connectivity index (χ2v) is 5.08. The highest BCUT2D eigenvalue weighted by molar-refractivity contribution is 5.99. The maximum atomic E-state index is 12.3. The molecule has 20 heavy (non-hydrogen) atoms. The molecule has 1 aromatic rings. The lowest BCUT2D eigenvalue weighted by Gasteiger charge is -2.15. The Morgan fingerprint density at radius 3 is 2.45 bits per heavy atom. The molecule has 2 N–H and O–H groups in total. The van der Waals surface area contributed by atoms with Crippen molar-refractivity contribution in [3.63, 3.8) is 0 Å². The first-order chi connectivity index (χ1) is 9.65. The van der Waals surface area contributed by atoms with E-state index in [1.807, 2.05) is 0 Å². The molecule has 5 heteroatoms. The molecule has 0 aliphatic heterocycles. The quantitative estimate of drug-likeness (QED) is 0.859. The lowest BCUT2D eigenvalue weighted by Crippen LogP contribution is -2.29. The van der Waals surface area contributed by atoms with Gasteiger partial charge in [-0.15, -0.1) is 0 Å². The number of carbonyl (C=O) groups excluding carboxylic acids is 1. The maximum Gasteiger partial charge on any atom is 0.258 e. The molecule has 1 aliphatic rings. The van der Waals surface area contributed by atoms with E-state index in [1.165, 1.54) is 14.2 Å². The van der Waals surface area contributed by atoms with Gasteiger partial charge >= 0.3 is 0 Å². The van der Waals surface area contributed by atoms with E-state index in [4.69, 9.17) is 9.47 Å². The third kappa shape index (κ3) is 3.22. The number of hydrogen-bond donors (Lipinski definition) is 2. The lowest BCUT2D eigenvalue weighted by molar-refractivity contribution is 0.0939. The van der Waals surface area contributed by atoms with Crippen LogP contribution >= 0.6 is 0 Å². The minimum absolute atomic E-state index is 0.208. The van der Waals surface area contributed by atoms with E-state index < -0.39 is 0 Å². The smallest absolute Gasteiger partial charge is 0.258 e. The van der Waals surface area contributed by atoms with Crippen molar-refractivity contribution in [2.45, 2.75) is 25.4 Å². The van der Waals surface area contributed by atoms with Gasteiger partial charge in [0.25, 0.3) is 5.91 Å². The van der Waals surface area contributed by atoms with E-state index in [9.17, 15) is 9.90 Å². The summed E-state index contributed by atoms with van der Waals surface area (Å²) in [7, 11) is 3.05. The predicted molar refractivity (Wildman–Crippen MR) is 75.2 cm³/mol. The third-order valence-electron chi connectivity index (χ3n) is 3.72. The zero-order valence-electron chi connectivity index (χ0n) is 11.9. The van der Waals surface area contributed by atoms with Crippen LogP contribution in [-0.4, -0.2) is 37.9 Å². The van der Waals surface area contributed by atoms with Gasteiger partial charge in [0, 0.05) is 6.54 Å². The van der Waals surface area contributed by atoms with Gasteiger partial charge in [-0.25, -0.2) is 0 Å². The molecule has 0 radical (unpaired) electrons. The summed E-state index contributed by atoms with van der Waals surface area (Å²) in [6, 6.07) is 5.25. The van der Waals surface area contributed by atoms with E-state index >= 15 is 0 Å². The first-order valence-corrected chi connectivity index (χ1v) is 6.83. The van der Waals surface area contributed by atoms with Crippen molar-refractivity contribution in [3.8, 4) is 11.5 Å². The molecule has 1 saturated carbocycles. The summed E-state index contributed by atoms with van der Waals surface area (Å²) in [5, 5.41) is 12.4. The Morgan fingerprint density at radius 1 is 1.30 bits per heavy atom. The van der Waals surface area contributed by atoms with Gasteiger partial charge in [-0.2, -0.15) is 0 Å². The largest absolute Gasteiger partial charge is 0.496 e. The van der Waals surface area contributed by atoms with Gasteiger partial charge in [-0.3, -0.25) is 4.79 Å². The average molecular weight is 279 g/mol. The van der Waals surface area contributed by atoms with Crippen molar-refractivity contribution < 1.29 is 19.4 Å². The van der Waals surface area contributed by atoms with Gasteiger partial charge in [0.15, 0.2) is 0 Å². The molecule has 0 bridgehead atoms. The summed E-state index contributed by atoms with van der Waals surface area (Å²) in [6.45, 7) is 0.567. The normalized spacial score (nSPS) is 21.6. The molecule has 1 fully saturated rings. The van der Waals surface area contributed by atoms with E-state index in [1.54, 1.807) is 18.2 Å². The Balaban J connectivity index is 2.05. The van der Waals surface area contributed by atoms with Crippen molar-refractivity contribution in [1.82, 2.24) is 5.32 Å². The van der Waals surface area contributed by atoms with Crippen LogP contribution in [-0.2, 0) is 0 Å². The van der Waals surface area contributed by atoms with Crippen LogP contribution in [0.5, 0.6) is 11.5 Å². The van der Waals surface area contributed by atoms with E-state index in [0.29, 0.717) is 29.5 Å². The minimum Gasteiger partial charge on any atom is -0.496 e. The monoisotopic (exact) mass is 279 g/mol. The minimum atomic E-state index is -0.224. The average Bonchev–Trinajstić information content (AvgIpc) is 2.89. The summed E-state index contributed by atoms with van der Waals surface area (Å²) in [6.07, 6.45) is 2.30.